The van der Waals surface area contributed by atoms with E-state index >= 15 is 4.79 Å². The van der Waals surface area contributed by atoms with Crippen molar-refractivity contribution in [2.24, 2.45) is 50.2 Å². The van der Waals surface area contributed by atoms with Crippen molar-refractivity contribution < 1.29 is 119 Å². The molecule has 24 heteroatoms. The number of hydrogen-bond donors (Lipinski definition) is 14. The third-order valence-corrected chi connectivity index (χ3v) is 21.1. The molecule has 4 aliphatic heterocycles. The van der Waals surface area contributed by atoms with Gasteiger partial charge in [0, 0.05) is 0 Å². The van der Waals surface area contributed by atoms with Crippen LogP contribution in [0.4, 0.5) is 0 Å². The summed E-state index contributed by atoms with van der Waals surface area (Å²) in [4.78, 5) is 28.8. The number of allylic oxidation sites excluding steroid dienone is 2. The van der Waals surface area contributed by atoms with Crippen LogP contribution in [-0.2, 0) is 47.5 Å². The zero-order valence-corrected chi connectivity index (χ0v) is 44.6. The number of carbonyl (C=O) groups is 2. The largest absolute Gasteiger partial charge is 0.481 e. The molecule has 1 unspecified atom stereocenters. The molecule has 4 saturated carbocycles. The van der Waals surface area contributed by atoms with Crippen molar-refractivity contribution in [3.8, 4) is 0 Å². The molecule has 4 saturated heterocycles. The van der Waals surface area contributed by atoms with Gasteiger partial charge in [0.15, 0.2) is 18.9 Å². The molecule has 0 aromatic carbocycles. The molecule has 0 bridgehead atoms. The van der Waals surface area contributed by atoms with Crippen LogP contribution >= 0.6 is 0 Å². The van der Waals surface area contributed by atoms with Crippen molar-refractivity contribution in [3.63, 3.8) is 0 Å². The average molecular weight is 1110 g/mol. The fraction of sp³-hybridized carbons (Fsp3) is 0.925. The number of rotatable bonds is 12. The van der Waals surface area contributed by atoms with Gasteiger partial charge in [-0.1, -0.05) is 46.3 Å². The van der Waals surface area contributed by atoms with E-state index in [-0.39, 0.29) is 35.2 Å². The summed E-state index contributed by atoms with van der Waals surface area (Å²) in [7, 11) is 0. The number of hydrogen-bond acceptors (Lipinski definition) is 23. The number of fused-ring (bicyclic) bond motifs is 7. The Labute approximate surface area is 446 Å². The van der Waals surface area contributed by atoms with Crippen LogP contribution in [0.15, 0.2) is 11.6 Å². The molecule has 0 aromatic heterocycles. The van der Waals surface area contributed by atoms with Crippen LogP contribution in [0.1, 0.15) is 106 Å². The third kappa shape index (κ3) is 9.65. The van der Waals surface area contributed by atoms with Crippen LogP contribution in [0.5, 0.6) is 0 Å². The van der Waals surface area contributed by atoms with Crippen LogP contribution in [0, 0.1) is 50.2 Å². The number of aliphatic hydroxyl groups excluding tert-OH is 13. The molecule has 28 atom stereocenters. The first-order valence-corrected chi connectivity index (χ1v) is 27.4. The summed E-state index contributed by atoms with van der Waals surface area (Å²) in [5.74, 6) is -2.36. The van der Waals surface area contributed by atoms with Gasteiger partial charge in [0.05, 0.1) is 43.4 Å². The first-order valence-electron chi connectivity index (χ1n) is 27.4. The van der Waals surface area contributed by atoms with E-state index in [1.807, 2.05) is 0 Å². The number of carboxylic acids is 1. The van der Waals surface area contributed by atoms with E-state index in [1.54, 1.807) is 6.92 Å². The summed E-state index contributed by atoms with van der Waals surface area (Å²) in [5.41, 5.74) is -2.89. The molecule has 0 aromatic rings. The third-order valence-electron chi connectivity index (χ3n) is 21.1. The molecule has 14 N–H and O–H groups in total. The first kappa shape index (κ1) is 59.5. The number of carboxylic acid groups (broad SMARTS) is 1. The predicted molar refractivity (Wildman–Crippen MR) is 259 cm³/mol. The van der Waals surface area contributed by atoms with Crippen LogP contribution in [-0.4, -0.2) is 233 Å². The zero-order chi connectivity index (χ0) is 56.3. The van der Waals surface area contributed by atoms with Crippen molar-refractivity contribution >= 4 is 11.9 Å². The molecule has 4 heterocycles. The molecule has 440 valence electrons. The Kier molecular flexibility index (Phi) is 16.7. The van der Waals surface area contributed by atoms with Gasteiger partial charge in [0.2, 0.25) is 6.29 Å². The Bertz CT molecular complexity index is 2170. The van der Waals surface area contributed by atoms with E-state index in [0.717, 1.165) is 5.57 Å². The van der Waals surface area contributed by atoms with Crippen LogP contribution in [0.2, 0.25) is 0 Å². The minimum atomic E-state index is -1.94. The van der Waals surface area contributed by atoms with E-state index in [0.29, 0.717) is 64.2 Å². The minimum Gasteiger partial charge on any atom is -0.481 e. The summed E-state index contributed by atoms with van der Waals surface area (Å²) >= 11 is 0. The van der Waals surface area contributed by atoms with E-state index in [2.05, 4.69) is 40.7 Å². The summed E-state index contributed by atoms with van der Waals surface area (Å²) in [6.07, 6.45) is -25.5. The van der Waals surface area contributed by atoms with Crippen LogP contribution in [0.25, 0.3) is 0 Å². The van der Waals surface area contributed by atoms with E-state index in [1.165, 1.54) is 0 Å². The Morgan fingerprint density at radius 1 is 0.610 bits per heavy atom. The SMILES string of the molecule is CC1(C)CC[C@]2(C(=O)O[C@@H]3O[C@H](CO[C@@H]4O[C@H](CO)[C@@H](O)[C@H](O)[C@H]4O[C@@H]4O[C@H](CO)[C@@H](O)[C@H](O)[C@H]4O)[C@@H](O)[C@H](O)[C@H]3O)CC[C@]3(C)C(=CC[C@@H]4[C@@]5(C)CC[C@H](O[C@@H]6OC[C@@H](O)[C@H](O)[C@H]6O)C(C)(C(=O)O)[C@@H]5CC[C@]43C)[C@@H]2C1. The number of aliphatic hydroxyl groups is 13. The maximum Gasteiger partial charge on any atom is 0.315 e. The second-order valence-electron chi connectivity index (χ2n) is 25.6. The van der Waals surface area contributed by atoms with Crippen molar-refractivity contribution in [3.05, 3.63) is 11.6 Å². The molecular weight excluding hydrogens is 1020 g/mol. The van der Waals surface area contributed by atoms with Gasteiger partial charge in [-0.15, -0.1) is 0 Å². The van der Waals surface area contributed by atoms with Gasteiger partial charge in [-0.05, 0) is 111 Å². The highest BCUT2D eigenvalue weighted by molar-refractivity contribution is 5.79. The summed E-state index contributed by atoms with van der Waals surface area (Å²) in [6.45, 7) is 10.2. The summed E-state index contributed by atoms with van der Waals surface area (Å²) < 4.78 is 46.9. The highest BCUT2D eigenvalue weighted by Crippen LogP contribution is 2.76. The van der Waals surface area contributed by atoms with Gasteiger partial charge in [0.25, 0.3) is 0 Å². The minimum absolute atomic E-state index is 0.0148. The lowest BCUT2D eigenvalue weighted by molar-refractivity contribution is -0.372. The van der Waals surface area contributed by atoms with Crippen molar-refractivity contribution in [2.45, 2.75) is 229 Å². The predicted octanol–water partition coefficient (Wildman–Crippen LogP) is -2.33. The maximum atomic E-state index is 15.2. The molecular formula is C53H84O24. The molecule has 77 heavy (non-hydrogen) atoms. The van der Waals surface area contributed by atoms with Gasteiger partial charge in [-0.25, -0.2) is 0 Å². The highest BCUT2D eigenvalue weighted by atomic mass is 16.8. The van der Waals surface area contributed by atoms with Gasteiger partial charge in [0.1, 0.15) is 91.6 Å². The second-order valence-corrected chi connectivity index (χ2v) is 25.6. The molecule has 0 spiro atoms. The Morgan fingerprint density at radius 3 is 1.84 bits per heavy atom. The van der Waals surface area contributed by atoms with Crippen LogP contribution in [0.3, 0.4) is 0 Å². The Hall–Kier alpha value is -2.12. The molecule has 9 rings (SSSR count). The van der Waals surface area contributed by atoms with Crippen molar-refractivity contribution in [2.75, 3.05) is 26.4 Å². The molecule has 0 amide bonds. The van der Waals surface area contributed by atoms with Crippen LogP contribution < -0.4 is 0 Å². The topological polar surface area (TPSA) is 391 Å². The van der Waals surface area contributed by atoms with Gasteiger partial charge in [-0.2, -0.15) is 0 Å². The van der Waals surface area contributed by atoms with E-state index in [9.17, 15) is 76.3 Å². The van der Waals surface area contributed by atoms with Gasteiger partial charge >= 0.3 is 11.9 Å². The lowest BCUT2D eigenvalue weighted by Crippen LogP contribution is -2.67. The fourth-order valence-electron chi connectivity index (χ4n) is 16.1. The lowest BCUT2D eigenvalue weighted by Gasteiger charge is -2.71. The number of ether oxygens (including phenoxy) is 8. The summed E-state index contributed by atoms with van der Waals surface area (Å²) in [6, 6.07) is 0. The Balaban J connectivity index is 0.934. The molecule has 5 aliphatic carbocycles. The van der Waals surface area contributed by atoms with Crippen molar-refractivity contribution in [1.82, 2.24) is 0 Å². The first-order chi connectivity index (χ1) is 36.0. The quantitative estimate of drug-likeness (QED) is 0.0554. The second kappa shape index (κ2) is 21.6. The van der Waals surface area contributed by atoms with Crippen molar-refractivity contribution in [1.29, 1.82) is 0 Å². The zero-order valence-electron chi connectivity index (χ0n) is 44.6. The maximum absolute atomic E-state index is 15.2. The standard InChI is InChI=1S/C53H84O24/c1-48(2)13-15-53(47(69)77-44-40(66)36(62)34(60)27(74-44)21-71-45-41(37(63)33(59)26(19-55)73-45)76-43-39(65)35(61)32(58)25(18-54)72-43)16-14-50(4)22(23(53)17-48)7-8-28-49(3)11-10-30(75-42-38(64)31(57)24(56)20-70-42)52(6,46(67)68)29(49)9-12-51(28,50)5/h7,23-45,54-66H,8-21H2,1-6H3,(H,67,68)/t23-,24+,25+,26+,27+,28+,29+,30-,31-,32+,33+,34+,35-,36-,37-,38+,39+,40+,41+,42-,43-,44-,45+,49+,50+,51+,52?,53-/m0/s1. The fourth-order valence-corrected chi connectivity index (χ4v) is 16.1. The molecule has 24 nitrogen and oxygen atoms in total. The lowest BCUT2D eigenvalue weighted by atomic mass is 9.33. The summed E-state index contributed by atoms with van der Waals surface area (Å²) in [5, 5.41) is 149. The normalized spacial score (nSPS) is 53.6. The molecule has 0 radical (unpaired) electrons. The monoisotopic (exact) mass is 1100 g/mol. The molecule has 9 aliphatic rings. The van der Waals surface area contributed by atoms with Gasteiger partial charge < -0.3 is 109 Å². The van der Waals surface area contributed by atoms with Gasteiger partial charge in [-0.3, -0.25) is 9.59 Å². The highest BCUT2D eigenvalue weighted by Gasteiger charge is 2.72. The smallest absolute Gasteiger partial charge is 0.315 e. The van der Waals surface area contributed by atoms with E-state index < -0.39 is 176 Å². The number of esters is 1. The Morgan fingerprint density at radius 2 is 1.19 bits per heavy atom. The van der Waals surface area contributed by atoms with E-state index in [4.69, 9.17) is 37.9 Å². The molecule has 8 fully saturated rings. The number of carbonyl (C=O) groups excluding carboxylic acids is 1. The average Bonchev–Trinajstić information content (AvgIpc) is 3.46. The number of aliphatic carboxylic acids is 1.